The third-order valence-corrected chi connectivity index (χ3v) is 2.42. The van der Waals surface area contributed by atoms with E-state index in [1.54, 1.807) is 0 Å². The van der Waals surface area contributed by atoms with Crippen molar-refractivity contribution < 1.29 is 30.0 Å². The van der Waals surface area contributed by atoms with Crippen molar-refractivity contribution in [1.29, 1.82) is 0 Å². The van der Waals surface area contributed by atoms with Gasteiger partial charge in [-0.15, -0.1) is 0 Å². The van der Waals surface area contributed by atoms with Gasteiger partial charge in [-0.3, -0.25) is 9.59 Å². The first-order chi connectivity index (χ1) is 6.82. The number of aliphatic hydroxyl groups excluding tert-OH is 4. The Morgan fingerprint density at radius 1 is 1.07 bits per heavy atom. The highest BCUT2D eigenvalue weighted by Gasteiger charge is 2.34. The first-order valence-corrected chi connectivity index (χ1v) is 5.31. The van der Waals surface area contributed by atoms with Gasteiger partial charge in [0.25, 0.3) is 0 Å². The molecule has 0 heterocycles. The van der Waals surface area contributed by atoms with E-state index in [9.17, 15) is 9.59 Å². The van der Waals surface area contributed by atoms with Crippen LogP contribution in [0.3, 0.4) is 0 Å². The van der Waals surface area contributed by atoms with Crippen molar-refractivity contribution in [2.45, 2.75) is 31.3 Å². The van der Waals surface area contributed by atoms with Crippen molar-refractivity contribution in [3.05, 3.63) is 0 Å². The van der Waals surface area contributed by atoms with Crippen LogP contribution in [-0.4, -0.2) is 61.7 Å². The molecule has 0 radical (unpaired) electrons. The molecular formula is C8H13BrO6. The van der Waals surface area contributed by atoms with Crippen molar-refractivity contribution in [2.24, 2.45) is 0 Å². The van der Waals surface area contributed by atoms with E-state index < -0.39 is 36.0 Å². The predicted octanol–water partition coefficient (Wildman–Crippen LogP) is -2.02. The molecule has 0 amide bonds. The molecule has 0 fully saturated rings. The van der Waals surface area contributed by atoms with Gasteiger partial charge in [0, 0.05) is 5.33 Å². The van der Waals surface area contributed by atoms with Crippen LogP contribution in [0, 0.1) is 0 Å². The molecule has 0 saturated carbocycles. The number of halogens is 1. The van der Waals surface area contributed by atoms with Gasteiger partial charge in [-0.25, -0.2) is 0 Å². The van der Waals surface area contributed by atoms with Crippen LogP contribution >= 0.6 is 15.9 Å². The Balaban J connectivity index is 4.51. The summed E-state index contributed by atoms with van der Waals surface area (Å²) in [4.78, 5) is 22.2. The lowest BCUT2D eigenvalue weighted by Crippen LogP contribution is -2.46. The van der Waals surface area contributed by atoms with Crippen LogP contribution in [-0.2, 0) is 9.59 Å². The summed E-state index contributed by atoms with van der Waals surface area (Å²) in [6, 6.07) is 0. The minimum atomic E-state index is -1.90. The highest BCUT2D eigenvalue weighted by atomic mass is 79.9. The molecule has 0 rings (SSSR count). The Morgan fingerprint density at radius 3 is 1.80 bits per heavy atom. The quantitative estimate of drug-likeness (QED) is 0.331. The summed E-state index contributed by atoms with van der Waals surface area (Å²) in [6.07, 6.45) is -6.61. The summed E-state index contributed by atoms with van der Waals surface area (Å²) < 4.78 is 0. The summed E-state index contributed by atoms with van der Waals surface area (Å²) in [5.41, 5.74) is 0. The smallest absolute Gasteiger partial charge is 0.232 e. The Morgan fingerprint density at radius 2 is 1.47 bits per heavy atom. The van der Waals surface area contributed by atoms with Crippen molar-refractivity contribution in [3.63, 3.8) is 0 Å². The van der Waals surface area contributed by atoms with E-state index in [0.29, 0.717) is 0 Å². The molecule has 0 aliphatic carbocycles. The number of ketones is 2. The molecule has 4 N–H and O–H groups in total. The maximum Gasteiger partial charge on any atom is 0.232 e. The van der Waals surface area contributed by atoms with Crippen molar-refractivity contribution in [3.8, 4) is 0 Å². The minimum Gasteiger partial charge on any atom is -0.390 e. The van der Waals surface area contributed by atoms with E-state index in [-0.39, 0.29) is 5.33 Å². The van der Waals surface area contributed by atoms with Gasteiger partial charge in [0.1, 0.15) is 12.2 Å². The topological polar surface area (TPSA) is 115 Å². The van der Waals surface area contributed by atoms with Gasteiger partial charge >= 0.3 is 0 Å². The fourth-order valence-corrected chi connectivity index (χ4v) is 1.12. The molecule has 7 heteroatoms. The minimum absolute atomic E-state index is 0.0854. The number of carbonyl (C=O) groups excluding carboxylic acids is 2. The Hall–Kier alpha value is -0.340. The van der Waals surface area contributed by atoms with E-state index in [0.717, 1.165) is 6.92 Å². The molecule has 0 spiro atoms. The number of aliphatic hydroxyl groups is 4. The third kappa shape index (κ3) is 3.96. The lowest BCUT2D eigenvalue weighted by molar-refractivity contribution is -0.151. The van der Waals surface area contributed by atoms with E-state index in [1.165, 1.54) is 0 Å². The average Bonchev–Trinajstić information content (AvgIpc) is 2.23. The summed E-state index contributed by atoms with van der Waals surface area (Å²) in [6.45, 7) is 1.13. The molecule has 2 unspecified atom stereocenters. The van der Waals surface area contributed by atoms with Crippen molar-refractivity contribution in [2.75, 3.05) is 5.33 Å². The van der Waals surface area contributed by atoms with Crippen LogP contribution in [0.1, 0.15) is 6.92 Å². The molecule has 0 saturated heterocycles. The van der Waals surface area contributed by atoms with Crippen LogP contribution in [0.25, 0.3) is 0 Å². The molecule has 15 heavy (non-hydrogen) atoms. The lowest BCUT2D eigenvalue weighted by Gasteiger charge is -2.16. The zero-order chi connectivity index (χ0) is 12.2. The van der Waals surface area contributed by atoms with Crippen LogP contribution in [0.15, 0.2) is 0 Å². The SMILES string of the molecule is C[C@H](O)[C@H](O)C(=O)C(=O)C(O)C(O)CBr. The highest BCUT2D eigenvalue weighted by molar-refractivity contribution is 9.09. The van der Waals surface area contributed by atoms with E-state index in [1.807, 2.05) is 0 Å². The molecule has 0 aliphatic rings. The molecule has 0 bridgehead atoms. The monoisotopic (exact) mass is 284 g/mol. The zero-order valence-corrected chi connectivity index (χ0v) is 9.59. The number of Topliss-reactive ketones (excluding diaryl/α,β-unsaturated/α-hetero) is 2. The number of carbonyl (C=O) groups is 2. The van der Waals surface area contributed by atoms with E-state index in [4.69, 9.17) is 20.4 Å². The van der Waals surface area contributed by atoms with Crippen molar-refractivity contribution in [1.82, 2.24) is 0 Å². The second kappa shape index (κ2) is 6.29. The van der Waals surface area contributed by atoms with Gasteiger partial charge in [-0.05, 0) is 6.92 Å². The first kappa shape index (κ1) is 14.7. The molecular weight excluding hydrogens is 272 g/mol. The van der Waals surface area contributed by atoms with Crippen molar-refractivity contribution >= 4 is 27.5 Å². The van der Waals surface area contributed by atoms with Crippen LogP contribution in [0.4, 0.5) is 0 Å². The van der Waals surface area contributed by atoms with Crippen LogP contribution < -0.4 is 0 Å². The second-order valence-electron chi connectivity index (χ2n) is 3.08. The van der Waals surface area contributed by atoms with Gasteiger partial charge < -0.3 is 20.4 Å². The predicted molar refractivity (Wildman–Crippen MR) is 53.5 cm³/mol. The highest BCUT2D eigenvalue weighted by Crippen LogP contribution is 2.03. The fraction of sp³-hybridized carbons (Fsp3) is 0.750. The lowest BCUT2D eigenvalue weighted by atomic mass is 10.0. The maximum atomic E-state index is 11.1. The molecule has 0 aliphatic heterocycles. The van der Waals surface area contributed by atoms with E-state index >= 15 is 0 Å². The molecule has 4 atom stereocenters. The fourth-order valence-electron chi connectivity index (χ4n) is 0.770. The standard InChI is InChI=1S/C8H13BrO6/c1-3(10)5(12)7(14)8(15)6(13)4(11)2-9/h3-6,10-13H,2H2,1H3/t3-,4?,5-,6?/m0/s1. The second-order valence-corrected chi connectivity index (χ2v) is 3.73. The summed E-state index contributed by atoms with van der Waals surface area (Å²) in [5.74, 6) is -2.65. The maximum absolute atomic E-state index is 11.1. The Labute approximate surface area is 94.7 Å². The summed E-state index contributed by atoms with van der Waals surface area (Å²) in [7, 11) is 0. The Kier molecular flexibility index (Phi) is 6.15. The number of alkyl halides is 1. The molecule has 0 aromatic carbocycles. The molecule has 6 nitrogen and oxygen atoms in total. The van der Waals surface area contributed by atoms with Gasteiger partial charge in [0.15, 0.2) is 0 Å². The van der Waals surface area contributed by atoms with Gasteiger partial charge in [-0.1, -0.05) is 15.9 Å². The van der Waals surface area contributed by atoms with E-state index in [2.05, 4.69) is 15.9 Å². The average molecular weight is 285 g/mol. The molecule has 88 valence electrons. The number of hydrogen-bond acceptors (Lipinski definition) is 6. The molecule has 0 aromatic heterocycles. The number of rotatable bonds is 6. The molecule has 0 aromatic rings. The normalized spacial score (nSPS) is 19.1. The van der Waals surface area contributed by atoms with Gasteiger partial charge in [-0.2, -0.15) is 0 Å². The van der Waals surface area contributed by atoms with Gasteiger partial charge in [0.05, 0.1) is 12.2 Å². The van der Waals surface area contributed by atoms with Crippen LogP contribution in [0.2, 0.25) is 0 Å². The van der Waals surface area contributed by atoms with Crippen LogP contribution in [0.5, 0.6) is 0 Å². The third-order valence-electron chi connectivity index (χ3n) is 1.76. The largest absolute Gasteiger partial charge is 0.390 e. The summed E-state index contributed by atoms with van der Waals surface area (Å²) >= 11 is 2.81. The van der Waals surface area contributed by atoms with Gasteiger partial charge in [0.2, 0.25) is 11.6 Å². The Bertz CT molecular complexity index is 241. The zero-order valence-electron chi connectivity index (χ0n) is 8.00. The summed E-state index contributed by atoms with van der Waals surface area (Å²) in [5, 5.41) is 36.0. The number of hydrogen-bond donors (Lipinski definition) is 4. The first-order valence-electron chi connectivity index (χ1n) is 4.19.